The van der Waals surface area contributed by atoms with Gasteiger partial charge in [0.05, 0.1) is 14.2 Å². The van der Waals surface area contributed by atoms with E-state index in [4.69, 9.17) is 19.0 Å². The number of furan rings is 1. The van der Waals surface area contributed by atoms with E-state index in [1.807, 2.05) is 0 Å². The van der Waals surface area contributed by atoms with Crippen LogP contribution in [-0.2, 0) is 0 Å². The highest BCUT2D eigenvalue weighted by molar-refractivity contribution is 5.84. The number of benzene rings is 1. The second-order valence-corrected chi connectivity index (χ2v) is 4.06. The second kappa shape index (κ2) is 5.66. The highest BCUT2D eigenvalue weighted by Gasteiger charge is 2.19. The molecule has 106 valence electrons. The van der Waals surface area contributed by atoms with Gasteiger partial charge in [-0.1, -0.05) is 0 Å². The zero-order chi connectivity index (χ0) is 14.7. The molecule has 1 aromatic heterocycles. The number of ether oxygens (including phenoxy) is 2. The summed E-state index contributed by atoms with van der Waals surface area (Å²) in [6.07, 6.45) is -1.10. The molecule has 20 heavy (non-hydrogen) atoms. The molecule has 1 atom stereocenters. The van der Waals surface area contributed by atoms with Gasteiger partial charge in [0.2, 0.25) is 5.76 Å². The number of hydrogen-bond acceptors (Lipinski definition) is 5. The first-order valence-corrected chi connectivity index (χ1v) is 5.79. The summed E-state index contributed by atoms with van der Waals surface area (Å²) in [5, 5.41) is 19.0. The number of hydrogen-bond donors (Lipinski definition) is 2. The molecule has 1 aromatic carbocycles. The number of carbonyl (C=O) groups is 1. The molecule has 0 aliphatic rings. The van der Waals surface area contributed by atoms with Crippen LogP contribution in [0.1, 0.15) is 28.0 Å². The molecule has 2 rings (SSSR count). The van der Waals surface area contributed by atoms with E-state index in [9.17, 15) is 9.90 Å². The molecule has 0 aliphatic carbocycles. The zero-order valence-corrected chi connectivity index (χ0v) is 11.0. The van der Waals surface area contributed by atoms with Gasteiger partial charge in [0.25, 0.3) is 0 Å². The topological polar surface area (TPSA) is 89.1 Å². The molecule has 6 heteroatoms. The van der Waals surface area contributed by atoms with Gasteiger partial charge in [-0.3, -0.25) is 0 Å². The fourth-order valence-corrected chi connectivity index (χ4v) is 1.77. The Bertz CT molecular complexity index is 594. The van der Waals surface area contributed by atoms with Crippen molar-refractivity contribution in [2.75, 3.05) is 14.2 Å². The lowest BCUT2D eigenvalue weighted by Crippen LogP contribution is -2.00. The number of rotatable bonds is 5. The highest BCUT2D eigenvalue weighted by Crippen LogP contribution is 2.30. The summed E-state index contributed by atoms with van der Waals surface area (Å²) >= 11 is 0. The van der Waals surface area contributed by atoms with Crippen molar-refractivity contribution < 1.29 is 28.9 Å². The van der Waals surface area contributed by atoms with E-state index in [1.165, 1.54) is 26.4 Å². The van der Waals surface area contributed by atoms with E-state index < -0.39 is 12.1 Å². The highest BCUT2D eigenvalue weighted by atomic mass is 16.5. The maximum absolute atomic E-state index is 10.8. The number of carboxylic acid groups (broad SMARTS) is 1. The van der Waals surface area contributed by atoms with Gasteiger partial charge in [0.1, 0.15) is 23.4 Å². The van der Waals surface area contributed by atoms with Gasteiger partial charge in [-0.15, -0.1) is 0 Å². The number of aliphatic hydroxyl groups is 1. The minimum Gasteiger partial charge on any atom is -0.497 e. The Hall–Kier alpha value is -2.47. The van der Waals surface area contributed by atoms with Gasteiger partial charge in [-0.05, 0) is 29.8 Å². The standard InChI is InChI=1S/C14H14O6/c1-18-9-5-8(6-10(7-9)19-2)13(15)11-3-4-12(20-11)14(16)17/h3-7,13,15H,1-2H3,(H,16,17). The smallest absolute Gasteiger partial charge is 0.371 e. The number of methoxy groups -OCH3 is 2. The third kappa shape index (κ3) is 2.75. The van der Waals surface area contributed by atoms with Crippen LogP contribution in [0.5, 0.6) is 11.5 Å². The molecule has 2 aromatic rings. The van der Waals surface area contributed by atoms with Crippen molar-refractivity contribution in [2.45, 2.75) is 6.10 Å². The summed E-state index contributed by atoms with van der Waals surface area (Å²) < 4.78 is 15.3. The fraction of sp³-hybridized carbons (Fsp3) is 0.214. The van der Waals surface area contributed by atoms with Crippen molar-refractivity contribution in [2.24, 2.45) is 0 Å². The van der Waals surface area contributed by atoms with E-state index in [0.717, 1.165) is 0 Å². The predicted octanol–water partition coefficient (Wildman–Crippen LogP) is 2.08. The van der Waals surface area contributed by atoms with Crippen molar-refractivity contribution in [3.63, 3.8) is 0 Å². The molecule has 2 N–H and O–H groups in total. The summed E-state index contributed by atoms with van der Waals surface area (Å²) in [4.78, 5) is 10.8. The Balaban J connectivity index is 2.36. The lowest BCUT2D eigenvalue weighted by Gasteiger charge is -2.12. The molecule has 0 fully saturated rings. The SMILES string of the molecule is COc1cc(OC)cc(C(O)c2ccc(C(=O)O)o2)c1. The van der Waals surface area contributed by atoms with Crippen LogP contribution in [0.3, 0.4) is 0 Å². The Morgan fingerprint density at radius 1 is 1.15 bits per heavy atom. The van der Waals surface area contributed by atoms with Gasteiger partial charge >= 0.3 is 5.97 Å². The Morgan fingerprint density at radius 2 is 1.75 bits per heavy atom. The molecular weight excluding hydrogens is 264 g/mol. The van der Waals surface area contributed by atoms with Crippen LogP contribution in [0.2, 0.25) is 0 Å². The summed E-state index contributed by atoms with van der Waals surface area (Å²) in [5.41, 5.74) is 0.479. The number of carboxylic acids is 1. The van der Waals surface area contributed by atoms with E-state index in [-0.39, 0.29) is 11.5 Å². The molecule has 0 saturated carbocycles. The van der Waals surface area contributed by atoms with Crippen LogP contribution in [0.25, 0.3) is 0 Å². The zero-order valence-electron chi connectivity index (χ0n) is 11.0. The molecule has 0 radical (unpaired) electrons. The van der Waals surface area contributed by atoms with Crippen LogP contribution in [0, 0.1) is 0 Å². The van der Waals surface area contributed by atoms with Gasteiger partial charge < -0.3 is 24.1 Å². The lowest BCUT2D eigenvalue weighted by atomic mass is 10.1. The average molecular weight is 278 g/mol. The largest absolute Gasteiger partial charge is 0.497 e. The van der Waals surface area contributed by atoms with Gasteiger partial charge in [0.15, 0.2) is 0 Å². The van der Waals surface area contributed by atoms with Gasteiger partial charge in [-0.25, -0.2) is 4.79 Å². The van der Waals surface area contributed by atoms with Crippen molar-refractivity contribution >= 4 is 5.97 Å². The average Bonchev–Trinajstić information content (AvgIpc) is 2.95. The first-order valence-electron chi connectivity index (χ1n) is 5.79. The summed E-state index contributed by atoms with van der Waals surface area (Å²) in [7, 11) is 3.00. The molecule has 0 spiro atoms. The quantitative estimate of drug-likeness (QED) is 0.870. The summed E-state index contributed by atoms with van der Waals surface area (Å²) in [6.45, 7) is 0. The lowest BCUT2D eigenvalue weighted by molar-refractivity contribution is 0.0655. The van der Waals surface area contributed by atoms with E-state index in [2.05, 4.69) is 0 Å². The molecule has 0 saturated heterocycles. The van der Waals surface area contributed by atoms with E-state index in [1.54, 1.807) is 18.2 Å². The second-order valence-electron chi connectivity index (χ2n) is 4.06. The third-order valence-corrected chi connectivity index (χ3v) is 2.80. The van der Waals surface area contributed by atoms with Crippen LogP contribution in [-0.4, -0.2) is 30.4 Å². The first kappa shape index (κ1) is 14.0. The number of aromatic carboxylic acids is 1. The van der Waals surface area contributed by atoms with Crippen LogP contribution in [0.4, 0.5) is 0 Å². The molecule has 6 nitrogen and oxygen atoms in total. The molecule has 0 aliphatic heterocycles. The number of aliphatic hydroxyl groups excluding tert-OH is 1. The summed E-state index contributed by atoms with van der Waals surface area (Å²) in [5.74, 6) is -0.245. The van der Waals surface area contributed by atoms with Crippen molar-refractivity contribution in [1.82, 2.24) is 0 Å². The van der Waals surface area contributed by atoms with Crippen molar-refractivity contribution in [3.8, 4) is 11.5 Å². The van der Waals surface area contributed by atoms with E-state index >= 15 is 0 Å². The normalized spacial score (nSPS) is 11.9. The monoisotopic (exact) mass is 278 g/mol. The predicted molar refractivity (Wildman–Crippen MR) is 69.3 cm³/mol. The van der Waals surface area contributed by atoms with Gasteiger partial charge in [-0.2, -0.15) is 0 Å². The third-order valence-electron chi connectivity index (χ3n) is 2.80. The van der Waals surface area contributed by atoms with Crippen LogP contribution >= 0.6 is 0 Å². The minimum absolute atomic E-state index is 0.137. The summed E-state index contributed by atoms with van der Waals surface area (Å²) in [6, 6.07) is 7.62. The molecular formula is C14H14O6. The molecule has 1 heterocycles. The van der Waals surface area contributed by atoms with Gasteiger partial charge in [0, 0.05) is 6.07 Å². The maximum Gasteiger partial charge on any atom is 0.371 e. The first-order chi connectivity index (χ1) is 9.55. The van der Waals surface area contributed by atoms with Crippen LogP contribution < -0.4 is 9.47 Å². The Kier molecular flexibility index (Phi) is 3.95. The van der Waals surface area contributed by atoms with Crippen molar-refractivity contribution in [3.05, 3.63) is 47.4 Å². The fourth-order valence-electron chi connectivity index (χ4n) is 1.77. The van der Waals surface area contributed by atoms with E-state index in [0.29, 0.717) is 17.1 Å². The molecule has 0 amide bonds. The Labute approximate surface area is 115 Å². The Morgan fingerprint density at radius 3 is 2.20 bits per heavy atom. The van der Waals surface area contributed by atoms with Crippen LogP contribution in [0.15, 0.2) is 34.7 Å². The minimum atomic E-state index is -1.19. The molecule has 0 bridgehead atoms. The van der Waals surface area contributed by atoms with Crippen molar-refractivity contribution in [1.29, 1.82) is 0 Å². The molecule has 1 unspecified atom stereocenters. The maximum atomic E-state index is 10.8.